The molecule has 7 nitrogen and oxygen atoms in total. The van der Waals surface area contributed by atoms with Crippen molar-refractivity contribution in [2.75, 3.05) is 12.9 Å². The fourth-order valence-electron chi connectivity index (χ4n) is 2.30. The largest absolute Gasteiger partial charge is 0.484 e. The second kappa shape index (κ2) is 7.43. The first-order valence-electron chi connectivity index (χ1n) is 7.55. The van der Waals surface area contributed by atoms with Gasteiger partial charge in [-0.3, -0.25) is 4.79 Å². The zero-order valence-corrected chi connectivity index (χ0v) is 14.6. The first-order chi connectivity index (χ1) is 12.1. The molecule has 1 amide bonds. The van der Waals surface area contributed by atoms with Gasteiger partial charge in [-0.15, -0.1) is 0 Å². The second-order valence-corrected chi connectivity index (χ2v) is 6.09. The molecule has 0 saturated carbocycles. The molecule has 1 N–H and O–H groups in total. The Morgan fingerprint density at radius 3 is 2.92 bits per heavy atom. The highest BCUT2D eigenvalue weighted by molar-refractivity contribution is 7.98. The molecule has 0 fully saturated rings. The maximum atomic E-state index is 12.0. The Hall–Kier alpha value is -2.74. The van der Waals surface area contributed by atoms with Gasteiger partial charge in [0.05, 0.1) is 18.4 Å². The Labute approximate surface area is 148 Å². The van der Waals surface area contributed by atoms with Crippen molar-refractivity contribution in [3.8, 4) is 5.75 Å². The summed E-state index contributed by atoms with van der Waals surface area (Å²) in [4.78, 5) is 27.5. The molecule has 2 heterocycles. The monoisotopic (exact) mass is 359 g/mol. The van der Waals surface area contributed by atoms with Crippen LogP contribution in [-0.4, -0.2) is 28.3 Å². The molecule has 0 bridgehead atoms. The van der Waals surface area contributed by atoms with Crippen LogP contribution in [0.4, 0.5) is 0 Å². The maximum Gasteiger partial charge on any atom is 0.336 e. The lowest BCUT2D eigenvalue weighted by atomic mass is 10.2. The average molecular weight is 359 g/mol. The van der Waals surface area contributed by atoms with Gasteiger partial charge in [0.25, 0.3) is 5.91 Å². The molecule has 0 aliphatic rings. The zero-order chi connectivity index (χ0) is 17.8. The molecule has 8 heteroatoms. The Morgan fingerprint density at radius 2 is 2.16 bits per heavy atom. The fourth-order valence-corrected chi connectivity index (χ4v) is 2.85. The number of nitrogens with zero attached hydrogens (tertiary/aromatic N) is 2. The van der Waals surface area contributed by atoms with E-state index in [1.165, 1.54) is 6.07 Å². The molecule has 25 heavy (non-hydrogen) atoms. The topological polar surface area (TPSA) is 86.4 Å². The lowest BCUT2D eigenvalue weighted by Gasteiger charge is -2.09. The Kier molecular flexibility index (Phi) is 5.08. The van der Waals surface area contributed by atoms with Gasteiger partial charge in [-0.05, 0) is 24.5 Å². The summed E-state index contributed by atoms with van der Waals surface area (Å²) in [6.45, 7) is 0.245. The molecule has 0 radical (unpaired) electrons. The molecule has 2 aromatic heterocycles. The van der Waals surface area contributed by atoms with Gasteiger partial charge in [0.15, 0.2) is 11.8 Å². The lowest BCUT2D eigenvalue weighted by molar-refractivity contribution is -0.123. The summed E-state index contributed by atoms with van der Waals surface area (Å²) >= 11 is 1.54. The van der Waals surface area contributed by atoms with E-state index in [0.29, 0.717) is 17.9 Å². The number of imidazole rings is 1. The number of carbonyl (C=O) groups is 1. The maximum absolute atomic E-state index is 12.0. The minimum Gasteiger partial charge on any atom is -0.484 e. The molecular weight excluding hydrogens is 342 g/mol. The number of fused-ring (bicyclic) bond motifs is 1. The third-order valence-corrected chi connectivity index (χ3v) is 4.40. The van der Waals surface area contributed by atoms with Crippen molar-refractivity contribution in [2.24, 2.45) is 7.05 Å². The molecule has 3 rings (SSSR count). The van der Waals surface area contributed by atoms with Gasteiger partial charge in [-0.2, -0.15) is 0 Å². The zero-order valence-electron chi connectivity index (χ0n) is 13.8. The van der Waals surface area contributed by atoms with Crippen molar-refractivity contribution in [3.63, 3.8) is 0 Å². The SMILES string of the molecule is CSc1ncc(CNC(=O)COc2ccc3ccc(=O)oc3c2)n1C. The van der Waals surface area contributed by atoms with E-state index >= 15 is 0 Å². The van der Waals surface area contributed by atoms with E-state index < -0.39 is 5.63 Å². The summed E-state index contributed by atoms with van der Waals surface area (Å²) in [6, 6.07) is 8.12. The Bertz CT molecular complexity index is 964. The molecule has 0 spiro atoms. The molecule has 130 valence electrons. The lowest BCUT2D eigenvalue weighted by Crippen LogP contribution is -2.29. The smallest absolute Gasteiger partial charge is 0.336 e. The second-order valence-electron chi connectivity index (χ2n) is 5.31. The van der Waals surface area contributed by atoms with Crippen LogP contribution in [0.3, 0.4) is 0 Å². The van der Waals surface area contributed by atoms with Crippen LogP contribution < -0.4 is 15.7 Å². The van der Waals surface area contributed by atoms with Crippen molar-refractivity contribution in [1.82, 2.24) is 14.9 Å². The number of aromatic nitrogens is 2. The molecule has 0 aliphatic heterocycles. The van der Waals surface area contributed by atoms with E-state index in [1.807, 2.05) is 17.9 Å². The summed E-state index contributed by atoms with van der Waals surface area (Å²) < 4.78 is 12.5. The van der Waals surface area contributed by atoms with Gasteiger partial charge in [0, 0.05) is 24.6 Å². The Morgan fingerprint density at radius 1 is 1.36 bits per heavy atom. The predicted molar refractivity (Wildman–Crippen MR) is 94.8 cm³/mol. The van der Waals surface area contributed by atoms with E-state index in [2.05, 4.69) is 10.3 Å². The molecule has 0 atom stereocenters. The molecular formula is C17H17N3O4S. The highest BCUT2D eigenvalue weighted by Crippen LogP contribution is 2.19. The van der Waals surface area contributed by atoms with E-state index in [4.69, 9.17) is 9.15 Å². The van der Waals surface area contributed by atoms with Crippen LogP contribution in [0.1, 0.15) is 5.69 Å². The number of benzene rings is 1. The van der Waals surface area contributed by atoms with Gasteiger partial charge in [-0.25, -0.2) is 9.78 Å². The fraction of sp³-hybridized carbons (Fsp3) is 0.235. The summed E-state index contributed by atoms with van der Waals surface area (Å²) in [5, 5.41) is 4.46. The highest BCUT2D eigenvalue weighted by Gasteiger charge is 2.08. The van der Waals surface area contributed by atoms with Crippen LogP contribution >= 0.6 is 11.8 Å². The standard InChI is InChI=1S/C17H17N3O4S/c1-20-12(9-19-17(20)25-2)8-18-15(21)10-23-13-5-3-11-4-6-16(22)24-14(11)7-13/h3-7,9H,8,10H2,1-2H3,(H,18,21). The number of rotatable bonds is 6. The number of ether oxygens (including phenoxy) is 1. The number of hydrogen-bond acceptors (Lipinski definition) is 6. The predicted octanol–water partition coefficient (Wildman–Crippen LogP) is 1.94. The first kappa shape index (κ1) is 17.1. The average Bonchev–Trinajstić information content (AvgIpc) is 2.97. The summed E-state index contributed by atoms with van der Waals surface area (Å²) in [5.41, 5.74) is 0.901. The van der Waals surface area contributed by atoms with E-state index in [9.17, 15) is 9.59 Å². The van der Waals surface area contributed by atoms with Crippen LogP contribution in [0.25, 0.3) is 11.0 Å². The number of thioether (sulfide) groups is 1. The summed E-state index contributed by atoms with van der Waals surface area (Å²) in [5.74, 6) is 0.212. The number of nitrogens with one attached hydrogen (secondary N) is 1. The molecule has 0 aliphatic carbocycles. The van der Waals surface area contributed by atoms with Gasteiger partial charge >= 0.3 is 5.63 Å². The van der Waals surface area contributed by atoms with Crippen LogP contribution in [0.2, 0.25) is 0 Å². The third-order valence-electron chi connectivity index (χ3n) is 3.66. The van der Waals surface area contributed by atoms with Crippen LogP contribution in [-0.2, 0) is 18.4 Å². The molecule has 0 unspecified atom stereocenters. The van der Waals surface area contributed by atoms with Crippen LogP contribution in [0, 0.1) is 0 Å². The van der Waals surface area contributed by atoms with Crippen molar-refractivity contribution in [1.29, 1.82) is 0 Å². The van der Waals surface area contributed by atoms with Crippen molar-refractivity contribution < 1.29 is 13.9 Å². The van der Waals surface area contributed by atoms with Crippen LogP contribution in [0.5, 0.6) is 5.75 Å². The molecule has 3 aromatic rings. The van der Waals surface area contributed by atoms with Gasteiger partial charge < -0.3 is 19.0 Å². The molecule has 0 saturated heterocycles. The third kappa shape index (κ3) is 4.03. The minimum atomic E-state index is -0.428. The number of hydrogen-bond donors (Lipinski definition) is 1. The minimum absolute atomic E-state index is 0.129. The first-order valence-corrected chi connectivity index (χ1v) is 8.77. The number of amides is 1. The van der Waals surface area contributed by atoms with Crippen molar-refractivity contribution >= 4 is 28.6 Å². The normalized spacial score (nSPS) is 10.8. The van der Waals surface area contributed by atoms with Gasteiger partial charge in [-0.1, -0.05) is 11.8 Å². The van der Waals surface area contributed by atoms with E-state index in [1.54, 1.807) is 42.2 Å². The van der Waals surface area contributed by atoms with Crippen molar-refractivity contribution in [2.45, 2.75) is 11.7 Å². The quantitative estimate of drug-likeness (QED) is 0.535. The van der Waals surface area contributed by atoms with Crippen LogP contribution in [0.15, 0.2) is 50.9 Å². The van der Waals surface area contributed by atoms with Crippen molar-refractivity contribution in [3.05, 3.63) is 52.6 Å². The Balaban J connectivity index is 1.56. The summed E-state index contributed by atoms with van der Waals surface area (Å²) in [6.07, 6.45) is 3.68. The number of carbonyl (C=O) groups excluding carboxylic acids is 1. The van der Waals surface area contributed by atoms with E-state index in [-0.39, 0.29) is 12.5 Å². The molecule has 1 aromatic carbocycles. The summed E-state index contributed by atoms with van der Waals surface area (Å²) in [7, 11) is 1.90. The van der Waals surface area contributed by atoms with Gasteiger partial charge in [0.1, 0.15) is 11.3 Å². The highest BCUT2D eigenvalue weighted by atomic mass is 32.2. The van der Waals surface area contributed by atoms with E-state index in [0.717, 1.165) is 16.2 Å². The van der Waals surface area contributed by atoms with Gasteiger partial charge in [0.2, 0.25) is 0 Å².